The van der Waals surface area contributed by atoms with Crippen LogP contribution in [-0.4, -0.2) is 22.4 Å². The molecular formula is C18H19N3O3. The molecule has 24 heavy (non-hydrogen) atoms. The minimum absolute atomic E-state index is 0.285. The fourth-order valence-electron chi connectivity index (χ4n) is 2.38. The summed E-state index contributed by atoms with van der Waals surface area (Å²) in [5.74, 6) is 1.02. The maximum absolute atomic E-state index is 11.6. The van der Waals surface area contributed by atoms with E-state index in [2.05, 4.69) is 10.4 Å². The van der Waals surface area contributed by atoms with E-state index in [1.54, 1.807) is 11.7 Å². The summed E-state index contributed by atoms with van der Waals surface area (Å²) in [6.07, 6.45) is -0.512. The fourth-order valence-corrected chi connectivity index (χ4v) is 2.38. The smallest absolute Gasteiger partial charge is 0.414 e. The second kappa shape index (κ2) is 7.04. The highest BCUT2D eigenvalue weighted by molar-refractivity contribution is 5.87. The number of carbonyl (C=O) groups excluding carboxylic acids is 1. The number of nitrogens with one attached hydrogen (secondary N) is 1. The standard InChI is InChI=1S/C18H19N3O3/c1-3-19-18(22)24-17-15-10-9-14(11-16(15)21(2)20-17)23-12-13-7-5-4-6-8-13/h4-11H,3,12H2,1-2H3,(H,19,22). The predicted molar refractivity (Wildman–Crippen MR) is 91.2 cm³/mol. The van der Waals surface area contributed by atoms with Gasteiger partial charge in [0.15, 0.2) is 0 Å². The molecule has 0 aliphatic carbocycles. The molecule has 0 saturated carbocycles. The number of aromatic nitrogens is 2. The number of ether oxygens (including phenoxy) is 2. The average Bonchev–Trinajstić information content (AvgIpc) is 2.89. The molecular weight excluding hydrogens is 306 g/mol. The van der Waals surface area contributed by atoms with E-state index in [4.69, 9.17) is 9.47 Å². The Bertz CT molecular complexity index is 843. The minimum atomic E-state index is -0.512. The van der Waals surface area contributed by atoms with Gasteiger partial charge < -0.3 is 14.8 Å². The lowest BCUT2D eigenvalue weighted by Gasteiger charge is -2.06. The first kappa shape index (κ1) is 15.9. The van der Waals surface area contributed by atoms with Crippen LogP contribution in [0.4, 0.5) is 4.79 Å². The molecule has 1 heterocycles. The van der Waals surface area contributed by atoms with Crippen molar-refractivity contribution in [3.63, 3.8) is 0 Å². The lowest BCUT2D eigenvalue weighted by atomic mass is 10.2. The van der Waals surface area contributed by atoms with Crippen LogP contribution in [0.3, 0.4) is 0 Å². The predicted octanol–water partition coefficient (Wildman–Crippen LogP) is 3.26. The van der Waals surface area contributed by atoms with E-state index >= 15 is 0 Å². The molecule has 0 atom stereocenters. The highest BCUT2D eigenvalue weighted by Crippen LogP contribution is 2.28. The van der Waals surface area contributed by atoms with Crippen molar-refractivity contribution >= 4 is 17.0 Å². The summed E-state index contributed by atoms with van der Waals surface area (Å²) in [4.78, 5) is 11.6. The lowest BCUT2D eigenvalue weighted by molar-refractivity contribution is 0.199. The van der Waals surface area contributed by atoms with Crippen molar-refractivity contribution in [1.82, 2.24) is 15.1 Å². The first-order valence-corrected chi connectivity index (χ1v) is 7.76. The minimum Gasteiger partial charge on any atom is -0.489 e. The Balaban J connectivity index is 1.78. The normalized spacial score (nSPS) is 10.6. The average molecular weight is 325 g/mol. The SMILES string of the molecule is CCNC(=O)Oc1nn(C)c2cc(OCc3ccccc3)ccc12. The molecule has 0 fully saturated rings. The van der Waals surface area contributed by atoms with Crippen molar-refractivity contribution in [3.8, 4) is 11.6 Å². The summed E-state index contributed by atoms with van der Waals surface area (Å²) >= 11 is 0. The Morgan fingerprint density at radius 3 is 2.75 bits per heavy atom. The zero-order chi connectivity index (χ0) is 16.9. The number of hydrogen-bond acceptors (Lipinski definition) is 4. The second-order valence-electron chi connectivity index (χ2n) is 5.30. The number of carbonyl (C=O) groups is 1. The highest BCUT2D eigenvalue weighted by atomic mass is 16.6. The van der Waals surface area contributed by atoms with Crippen LogP contribution in [-0.2, 0) is 13.7 Å². The molecule has 6 heteroatoms. The maximum Gasteiger partial charge on any atom is 0.414 e. The Hall–Kier alpha value is -3.02. The number of aryl methyl sites for hydroxylation is 1. The monoisotopic (exact) mass is 325 g/mol. The third-order valence-electron chi connectivity index (χ3n) is 3.55. The molecule has 0 radical (unpaired) electrons. The fraction of sp³-hybridized carbons (Fsp3) is 0.222. The molecule has 6 nitrogen and oxygen atoms in total. The van der Waals surface area contributed by atoms with Crippen molar-refractivity contribution in [2.45, 2.75) is 13.5 Å². The maximum atomic E-state index is 11.6. The Morgan fingerprint density at radius 2 is 2.00 bits per heavy atom. The summed E-state index contributed by atoms with van der Waals surface area (Å²) in [5.41, 5.74) is 1.93. The number of amides is 1. The van der Waals surface area contributed by atoms with Crippen molar-refractivity contribution in [2.75, 3.05) is 6.54 Å². The lowest BCUT2D eigenvalue weighted by Crippen LogP contribution is -2.26. The Morgan fingerprint density at radius 1 is 1.21 bits per heavy atom. The van der Waals surface area contributed by atoms with Gasteiger partial charge in [-0.3, -0.25) is 4.68 Å². The largest absolute Gasteiger partial charge is 0.489 e. The first-order valence-electron chi connectivity index (χ1n) is 7.76. The van der Waals surface area contributed by atoms with Crippen molar-refractivity contribution < 1.29 is 14.3 Å². The van der Waals surface area contributed by atoms with E-state index in [1.807, 2.05) is 55.5 Å². The molecule has 0 saturated heterocycles. The molecule has 124 valence electrons. The number of hydrogen-bond donors (Lipinski definition) is 1. The van der Waals surface area contributed by atoms with Crippen LogP contribution in [0.1, 0.15) is 12.5 Å². The van der Waals surface area contributed by atoms with Gasteiger partial charge in [-0.2, -0.15) is 0 Å². The van der Waals surface area contributed by atoms with E-state index in [1.165, 1.54) is 0 Å². The van der Waals surface area contributed by atoms with Crippen LogP contribution in [0.15, 0.2) is 48.5 Å². The van der Waals surface area contributed by atoms with Crippen molar-refractivity contribution in [3.05, 3.63) is 54.1 Å². The third-order valence-corrected chi connectivity index (χ3v) is 3.55. The van der Waals surface area contributed by atoms with Crippen molar-refractivity contribution in [2.24, 2.45) is 7.05 Å². The number of benzene rings is 2. The quantitative estimate of drug-likeness (QED) is 0.782. The molecule has 0 unspecified atom stereocenters. The zero-order valence-electron chi connectivity index (χ0n) is 13.7. The Kier molecular flexibility index (Phi) is 4.65. The number of rotatable bonds is 5. The number of nitrogens with zero attached hydrogens (tertiary/aromatic N) is 2. The van der Waals surface area contributed by atoms with E-state index in [-0.39, 0.29) is 5.88 Å². The van der Waals surface area contributed by atoms with Gasteiger partial charge in [-0.25, -0.2) is 4.79 Å². The van der Waals surface area contributed by atoms with E-state index < -0.39 is 6.09 Å². The molecule has 0 bridgehead atoms. The summed E-state index contributed by atoms with van der Waals surface area (Å²) in [6.45, 7) is 2.82. The molecule has 0 aliphatic rings. The van der Waals surface area contributed by atoms with Gasteiger partial charge >= 0.3 is 6.09 Å². The summed E-state index contributed by atoms with van der Waals surface area (Å²) in [5, 5.41) is 7.59. The molecule has 0 aliphatic heterocycles. The van der Waals surface area contributed by atoms with Gasteiger partial charge in [-0.15, -0.1) is 5.10 Å². The summed E-state index contributed by atoms with van der Waals surface area (Å²) in [7, 11) is 1.80. The van der Waals surface area contributed by atoms with Crippen LogP contribution < -0.4 is 14.8 Å². The first-order chi connectivity index (χ1) is 11.7. The summed E-state index contributed by atoms with van der Waals surface area (Å²) in [6, 6.07) is 15.5. The van der Waals surface area contributed by atoms with Gasteiger partial charge in [0.05, 0.1) is 10.9 Å². The highest BCUT2D eigenvalue weighted by Gasteiger charge is 2.14. The molecule has 1 aromatic heterocycles. The van der Waals surface area contributed by atoms with Gasteiger partial charge in [0.2, 0.25) is 0 Å². The van der Waals surface area contributed by atoms with Crippen LogP contribution in [0.5, 0.6) is 11.6 Å². The van der Waals surface area contributed by atoms with Gasteiger partial charge in [-0.05, 0) is 24.6 Å². The van der Waals surface area contributed by atoms with Gasteiger partial charge in [-0.1, -0.05) is 30.3 Å². The van der Waals surface area contributed by atoms with E-state index in [0.29, 0.717) is 13.2 Å². The van der Waals surface area contributed by atoms with Crippen LogP contribution in [0.2, 0.25) is 0 Å². The molecule has 1 amide bonds. The van der Waals surface area contributed by atoms with Gasteiger partial charge in [0, 0.05) is 19.7 Å². The molecule has 0 spiro atoms. The van der Waals surface area contributed by atoms with E-state index in [0.717, 1.165) is 22.2 Å². The summed E-state index contributed by atoms with van der Waals surface area (Å²) < 4.78 is 12.7. The van der Waals surface area contributed by atoms with Crippen LogP contribution in [0.25, 0.3) is 10.9 Å². The molecule has 2 aromatic carbocycles. The van der Waals surface area contributed by atoms with Crippen LogP contribution in [0, 0.1) is 0 Å². The van der Waals surface area contributed by atoms with Crippen molar-refractivity contribution in [1.29, 1.82) is 0 Å². The van der Waals surface area contributed by atoms with E-state index in [9.17, 15) is 4.79 Å². The second-order valence-corrected chi connectivity index (χ2v) is 5.30. The van der Waals surface area contributed by atoms with Gasteiger partial charge in [0.1, 0.15) is 12.4 Å². The topological polar surface area (TPSA) is 65.4 Å². The molecule has 3 rings (SSSR count). The third kappa shape index (κ3) is 3.48. The van der Waals surface area contributed by atoms with Gasteiger partial charge in [0.25, 0.3) is 5.88 Å². The number of fused-ring (bicyclic) bond motifs is 1. The zero-order valence-corrected chi connectivity index (χ0v) is 13.7. The molecule has 3 aromatic rings. The molecule has 1 N–H and O–H groups in total. The Labute approximate surface area is 140 Å². The van der Waals surface area contributed by atoms with Crippen LogP contribution >= 0.6 is 0 Å².